The molecule has 0 saturated heterocycles. The van der Waals surface area contributed by atoms with E-state index in [2.05, 4.69) is 14.9 Å². The number of carbonyl (C=O) groups is 1. The van der Waals surface area contributed by atoms with E-state index < -0.39 is 10.8 Å². The van der Waals surface area contributed by atoms with E-state index in [1.165, 1.54) is 6.07 Å². The van der Waals surface area contributed by atoms with Gasteiger partial charge in [0.2, 0.25) is 0 Å². The quantitative estimate of drug-likeness (QED) is 0.543. The van der Waals surface area contributed by atoms with Gasteiger partial charge in [0.1, 0.15) is 0 Å². The Hall–Kier alpha value is -3.13. The zero-order valence-electron chi connectivity index (χ0n) is 14.5. The van der Waals surface area contributed by atoms with Gasteiger partial charge in [-0.15, -0.1) is 0 Å². The maximum atomic E-state index is 12.5. The fourth-order valence-corrected chi connectivity index (χ4v) is 3.90. The normalized spacial score (nSPS) is 12.6. The predicted molar refractivity (Wildman–Crippen MR) is 104 cm³/mol. The molecule has 4 rings (SSSR count). The Morgan fingerprint density at radius 1 is 1.30 bits per heavy atom. The smallest absolute Gasteiger partial charge is 0.273 e. The maximum Gasteiger partial charge on any atom is 0.273 e. The van der Waals surface area contributed by atoms with Crippen LogP contribution in [-0.4, -0.2) is 26.1 Å². The molecule has 2 aromatic carbocycles. The van der Waals surface area contributed by atoms with Gasteiger partial charge in [-0.25, -0.2) is 4.98 Å². The van der Waals surface area contributed by atoms with Gasteiger partial charge >= 0.3 is 0 Å². The summed E-state index contributed by atoms with van der Waals surface area (Å²) in [5.74, 6) is 0.652. The number of aromatic nitrogens is 2. The fourth-order valence-electron chi connectivity index (χ4n) is 2.96. The summed E-state index contributed by atoms with van der Waals surface area (Å²) in [5.41, 5.74) is 3.08. The van der Waals surface area contributed by atoms with Gasteiger partial charge < -0.3 is 9.88 Å². The highest BCUT2D eigenvalue weighted by atomic mass is 32.2. The number of amides is 1. The Morgan fingerprint density at radius 2 is 2.15 bits per heavy atom. The monoisotopic (exact) mass is 380 g/mol. The third-order valence-electron chi connectivity index (χ3n) is 4.39. The number of imidazole rings is 1. The third-order valence-corrected chi connectivity index (χ3v) is 5.36. The second kappa shape index (κ2) is 6.88. The zero-order valence-corrected chi connectivity index (χ0v) is 15.3. The number of hydrogen-bond acceptors (Lipinski definition) is 5. The van der Waals surface area contributed by atoms with Crippen molar-refractivity contribution in [2.75, 3.05) is 11.1 Å². The standard InChI is InChI=1S/C19H16N4O3S/c1-12-5-6-14(10-17(12)23(25)26)18(24)20-15-4-2-3-13(9-15)16-11-22-7-8-27-19(22)21-16/h2-6,9-11H,7-8H2,1H3,(H,20,24). The van der Waals surface area contributed by atoms with Crippen LogP contribution in [0.25, 0.3) is 11.3 Å². The minimum atomic E-state index is -0.483. The lowest BCUT2D eigenvalue weighted by Gasteiger charge is -2.07. The highest BCUT2D eigenvalue weighted by molar-refractivity contribution is 7.99. The largest absolute Gasteiger partial charge is 0.325 e. The molecular weight excluding hydrogens is 364 g/mol. The number of nitro groups is 1. The van der Waals surface area contributed by atoms with Gasteiger partial charge in [-0.05, 0) is 25.1 Å². The summed E-state index contributed by atoms with van der Waals surface area (Å²) >= 11 is 1.73. The molecular formula is C19H16N4O3S. The van der Waals surface area contributed by atoms with Crippen LogP contribution in [0.2, 0.25) is 0 Å². The van der Waals surface area contributed by atoms with Gasteiger partial charge in [0, 0.05) is 46.9 Å². The van der Waals surface area contributed by atoms with Gasteiger partial charge in [0.15, 0.2) is 5.16 Å². The first-order valence-corrected chi connectivity index (χ1v) is 9.36. The topological polar surface area (TPSA) is 90.1 Å². The zero-order chi connectivity index (χ0) is 19.0. The Labute approximate surface area is 159 Å². The molecule has 136 valence electrons. The van der Waals surface area contributed by atoms with Crippen molar-refractivity contribution in [3.05, 3.63) is 69.9 Å². The molecule has 8 heteroatoms. The summed E-state index contributed by atoms with van der Waals surface area (Å²) in [6.07, 6.45) is 2.01. The second-order valence-corrected chi connectivity index (χ2v) is 7.31. The van der Waals surface area contributed by atoms with E-state index in [4.69, 9.17) is 0 Å². The molecule has 0 unspecified atom stereocenters. The first-order valence-electron chi connectivity index (χ1n) is 8.38. The van der Waals surface area contributed by atoms with Crippen LogP contribution in [0.4, 0.5) is 11.4 Å². The highest BCUT2D eigenvalue weighted by Gasteiger charge is 2.17. The fraction of sp³-hybridized carbons (Fsp3) is 0.158. The summed E-state index contributed by atoms with van der Waals surface area (Å²) in [4.78, 5) is 27.7. The molecule has 7 nitrogen and oxygen atoms in total. The number of hydrogen-bond donors (Lipinski definition) is 1. The van der Waals surface area contributed by atoms with Crippen LogP contribution in [0.3, 0.4) is 0 Å². The molecule has 1 amide bonds. The van der Waals surface area contributed by atoms with Crippen molar-refractivity contribution in [3.63, 3.8) is 0 Å². The molecule has 1 aliphatic rings. The van der Waals surface area contributed by atoms with E-state index >= 15 is 0 Å². The highest BCUT2D eigenvalue weighted by Crippen LogP contribution is 2.30. The van der Waals surface area contributed by atoms with Gasteiger partial charge in [-0.3, -0.25) is 14.9 Å². The Morgan fingerprint density at radius 3 is 2.93 bits per heavy atom. The summed E-state index contributed by atoms with van der Waals surface area (Å²) < 4.78 is 2.12. The average Bonchev–Trinajstić information content (AvgIpc) is 3.24. The van der Waals surface area contributed by atoms with Crippen LogP contribution in [0.5, 0.6) is 0 Å². The molecule has 3 aromatic rings. The molecule has 0 atom stereocenters. The van der Waals surface area contributed by atoms with Crippen molar-refractivity contribution in [2.45, 2.75) is 18.6 Å². The molecule has 0 radical (unpaired) electrons. The van der Waals surface area contributed by atoms with Crippen LogP contribution >= 0.6 is 11.8 Å². The SMILES string of the molecule is Cc1ccc(C(=O)Nc2cccc(-c3cn4c(n3)SCC4)c2)cc1[N+](=O)[O-]. The third kappa shape index (κ3) is 3.43. The number of nitrogens with one attached hydrogen (secondary N) is 1. The summed E-state index contributed by atoms with van der Waals surface area (Å²) in [5, 5.41) is 14.9. The Balaban J connectivity index is 1.57. The van der Waals surface area contributed by atoms with Crippen molar-refractivity contribution in [1.82, 2.24) is 9.55 Å². The second-order valence-electron chi connectivity index (χ2n) is 6.24. The molecule has 0 saturated carbocycles. The average molecular weight is 380 g/mol. The maximum absolute atomic E-state index is 12.5. The molecule has 0 spiro atoms. The van der Waals surface area contributed by atoms with Crippen molar-refractivity contribution in [3.8, 4) is 11.3 Å². The van der Waals surface area contributed by atoms with Gasteiger partial charge in [0.05, 0.1) is 10.6 Å². The molecule has 1 N–H and O–H groups in total. The van der Waals surface area contributed by atoms with E-state index in [9.17, 15) is 14.9 Å². The van der Waals surface area contributed by atoms with Gasteiger partial charge in [-0.1, -0.05) is 30.0 Å². The number of benzene rings is 2. The first-order chi connectivity index (χ1) is 13.0. The van der Waals surface area contributed by atoms with E-state index in [1.807, 2.05) is 24.4 Å². The minimum absolute atomic E-state index is 0.0681. The summed E-state index contributed by atoms with van der Waals surface area (Å²) in [6.45, 7) is 2.60. The number of thioether (sulfide) groups is 1. The number of carbonyl (C=O) groups excluding carboxylic acids is 1. The number of rotatable bonds is 4. The lowest BCUT2D eigenvalue weighted by molar-refractivity contribution is -0.385. The molecule has 1 aliphatic heterocycles. The van der Waals surface area contributed by atoms with Crippen LogP contribution in [0.15, 0.2) is 53.8 Å². The number of nitrogens with zero attached hydrogens (tertiary/aromatic N) is 3. The van der Waals surface area contributed by atoms with Crippen molar-refractivity contribution in [2.24, 2.45) is 0 Å². The van der Waals surface area contributed by atoms with E-state index in [0.29, 0.717) is 11.3 Å². The molecule has 1 aromatic heterocycles. The number of anilines is 1. The number of fused-ring (bicyclic) bond motifs is 1. The van der Waals surface area contributed by atoms with Crippen molar-refractivity contribution >= 4 is 29.0 Å². The van der Waals surface area contributed by atoms with Crippen LogP contribution in [0.1, 0.15) is 15.9 Å². The number of aryl methyl sites for hydroxylation is 2. The lowest BCUT2D eigenvalue weighted by Crippen LogP contribution is -2.12. The molecule has 27 heavy (non-hydrogen) atoms. The van der Waals surface area contributed by atoms with Crippen molar-refractivity contribution in [1.29, 1.82) is 0 Å². The summed E-state index contributed by atoms with van der Waals surface area (Å²) in [6, 6.07) is 11.9. The summed E-state index contributed by atoms with van der Waals surface area (Å²) in [7, 11) is 0. The van der Waals surface area contributed by atoms with Gasteiger partial charge in [-0.2, -0.15) is 0 Å². The van der Waals surface area contributed by atoms with Crippen LogP contribution < -0.4 is 5.32 Å². The van der Waals surface area contributed by atoms with Crippen molar-refractivity contribution < 1.29 is 9.72 Å². The van der Waals surface area contributed by atoms with E-state index in [-0.39, 0.29) is 11.3 Å². The predicted octanol–water partition coefficient (Wildman–Crippen LogP) is 4.12. The minimum Gasteiger partial charge on any atom is -0.325 e. The Bertz CT molecular complexity index is 1040. The first kappa shape index (κ1) is 17.3. The number of nitro benzene ring substituents is 1. The van der Waals surface area contributed by atoms with Gasteiger partial charge in [0.25, 0.3) is 11.6 Å². The van der Waals surface area contributed by atoms with Crippen LogP contribution in [-0.2, 0) is 6.54 Å². The molecule has 0 aliphatic carbocycles. The molecule has 0 bridgehead atoms. The molecule has 2 heterocycles. The Kier molecular flexibility index (Phi) is 4.41. The molecule has 0 fully saturated rings. The van der Waals surface area contributed by atoms with Crippen LogP contribution in [0, 0.1) is 17.0 Å². The van der Waals surface area contributed by atoms with E-state index in [0.717, 1.165) is 28.7 Å². The lowest BCUT2D eigenvalue weighted by atomic mass is 10.1. The van der Waals surface area contributed by atoms with E-state index in [1.54, 1.807) is 36.9 Å².